The Morgan fingerprint density at radius 2 is 1.64 bits per heavy atom. The number of hydrogen-bond donors (Lipinski definition) is 3. The van der Waals surface area contributed by atoms with E-state index in [9.17, 15) is 9.90 Å². The summed E-state index contributed by atoms with van der Waals surface area (Å²) in [6.45, 7) is 1.87. The molecule has 0 aliphatic heterocycles. The summed E-state index contributed by atoms with van der Waals surface area (Å²) in [6.07, 6.45) is 0.155. The highest BCUT2D eigenvalue weighted by Gasteiger charge is 2.15. The standard InChI is InChI=1S/C18H22N2O2/c1-14(21)13-19-18(22)20-17(16-10-6-3-7-11-16)12-15-8-4-2-5-9-15/h2-11,14,17,21H,12-13H2,1H3,(H2,19,20,22)/t14-,17?/m1/s1. The monoisotopic (exact) mass is 298 g/mol. The highest BCUT2D eigenvalue weighted by Crippen LogP contribution is 2.18. The van der Waals surface area contributed by atoms with E-state index in [0.29, 0.717) is 6.42 Å². The summed E-state index contributed by atoms with van der Waals surface area (Å²) >= 11 is 0. The van der Waals surface area contributed by atoms with Crippen molar-refractivity contribution in [2.75, 3.05) is 6.54 Å². The van der Waals surface area contributed by atoms with Crippen LogP contribution in [0.2, 0.25) is 0 Å². The van der Waals surface area contributed by atoms with Gasteiger partial charge >= 0.3 is 6.03 Å². The van der Waals surface area contributed by atoms with Crippen LogP contribution in [0.25, 0.3) is 0 Å². The number of urea groups is 1. The summed E-state index contributed by atoms with van der Waals surface area (Å²) in [6, 6.07) is 19.5. The third-order valence-corrected chi connectivity index (χ3v) is 3.35. The molecule has 0 radical (unpaired) electrons. The van der Waals surface area contributed by atoms with Crippen molar-refractivity contribution in [2.24, 2.45) is 0 Å². The molecule has 2 aromatic rings. The molecule has 0 saturated heterocycles. The van der Waals surface area contributed by atoms with E-state index in [4.69, 9.17) is 0 Å². The number of aliphatic hydroxyl groups is 1. The quantitative estimate of drug-likeness (QED) is 0.768. The topological polar surface area (TPSA) is 61.4 Å². The predicted octanol–water partition coefficient (Wildman–Crippen LogP) is 2.65. The molecule has 1 unspecified atom stereocenters. The van der Waals surface area contributed by atoms with Crippen molar-refractivity contribution in [3.8, 4) is 0 Å². The molecule has 0 fully saturated rings. The summed E-state index contributed by atoms with van der Waals surface area (Å²) in [5.41, 5.74) is 2.21. The lowest BCUT2D eigenvalue weighted by Crippen LogP contribution is -2.41. The summed E-state index contributed by atoms with van der Waals surface area (Å²) in [5.74, 6) is 0. The second-order valence-electron chi connectivity index (χ2n) is 5.36. The molecule has 0 bridgehead atoms. The zero-order valence-electron chi connectivity index (χ0n) is 12.7. The molecule has 2 amide bonds. The van der Waals surface area contributed by atoms with Crippen molar-refractivity contribution in [1.29, 1.82) is 0 Å². The van der Waals surface area contributed by atoms with Crippen molar-refractivity contribution in [2.45, 2.75) is 25.5 Å². The lowest BCUT2D eigenvalue weighted by Gasteiger charge is -2.20. The summed E-state index contributed by atoms with van der Waals surface area (Å²) in [7, 11) is 0. The van der Waals surface area contributed by atoms with E-state index in [-0.39, 0.29) is 18.6 Å². The molecule has 0 spiro atoms. The van der Waals surface area contributed by atoms with Gasteiger partial charge in [-0.15, -0.1) is 0 Å². The molecule has 2 rings (SSSR count). The van der Waals surface area contributed by atoms with Crippen molar-refractivity contribution in [3.63, 3.8) is 0 Å². The lowest BCUT2D eigenvalue weighted by molar-refractivity contribution is 0.186. The number of rotatable bonds is 6. The molecule has 0 saturated carbocycles. The predicted molar refractivity (Wildman–Crippen MR) is 87.5 cm³/mol. The fourth-order valence-electron chi connectivity index (χ4n) is 2.24. The maximum absolute atomic E-state index is 12.0. The zero-order valence-corrected chi connectivity index (χ0v) is 12.7. The van der Waals surface area contributed by atoms with E-state index in [0.717, 1.165) is 11.1 Å². The number of nitrogens with one attached hydrogen (secondary N) is 2. The smallest absolute Gasteiger partial charge is 0.315 e. The second kappa shape index (κ2) is 8.20. The van der Waals surface area contributed by atoms with Crippen molar-refractivity contribution >= 4 is 6.03 Å². The zero-order chi connectivity index (χ0) is 15.8. The molecule has 116 valence electrons. The molecule has 2 aromatic carbocycles. The lowest BCUT2D eigenvalue weighted by atomic mass is 9.99. The SMILES string of the molecule is C[C@@H](O)CNC(=O)NC(Cc1ccccc1)c1ccccc1. The van der Waals surface area contributed by atoms with E-state index in [2.05, 4.69) is 10.6 Å². The Kier molecular flexibility index (Phi) is 5.98. The highest BCUT2D eigenvalue weighted by molar-refractivity contribution is 5.74. The van der Waals surface area contributed by atoms with Crippen molar-refractivity contribution in [1.82, 2.24) is 10.6 Å². The minimum atomic E-state index is -0.560. The van der Waals surface area contributed by atoms with E-state index >= 15 is 0 Å². The Morgan fingerprint density at radius 3 is 2.23 bits per heavy atom. The van der Waals surface area contributed by atoms with E-state index < -0.39 is 6.10 Å². The minimum Gasteiger partial charge on any atom is -0.392 e. The molecule has 4 nitrogen and oxygen atoms in total. The first-order chi connectivity index (χ1) is 10.6. The van der Waals surface area contributed by atoms with Gasteiger partial charge in [0, 0.05) is 6.54 Å². The summed E-state index contributed by atoms with van der Waals surface area (Å²) < 4.78 is 0. The largest absolute Gasteiger partial charge is 0.392 e. The summed E-state index contributed by atoms with van der Waals surface area (Å²) in [4.78, 5) is 12.0. The van der Waals surface area contributed by atoms with Gasteiger partial charge in [-0.3, -0.25) is 0 Å². The number of amides is 2. The third-order valence-electron chi connectivity index (χ3n) is 3.35. The van der Waals surface area contributed by atoms with Crippen LogP contribution < -0.4 is 10.6 Å². The Morgan fingerprint density at radius 1 is 1.05 bits per heavy atom. The van der Waals surface area contributed by atoms with E-state index in [1.807, 2.05) is 60.7 Å². The van der Waals surface area contributed by atoms with E-state index in [1.165, 1.54) is 0 Å². The molecule has 0 aliphatic carbocycles. The van der Waals surface area contributed by atoms with Gasteiger partial charge in [0.1, 0.15) is 0 Å². The van der Waals surface area contributed by atoms with Gasteiger partial charge in [0.25, 0.3) is 0 Å². The Bertz CT molecular complexity index is 570. The van der Waals surface area contributed by atoms with Crippen LogP contribution in [0.15, 0.2) is 60.7 Å². The van der Waals surface area contributed by atoms with Crippen LogP contribution in [0.3, 0.4) is 0 Å². The first-order valence-corrected chi connectivity index (χ1v) is 7.46. The molecule has 0 aromatic heterocycles. The van der Waals surface area contributed by atoms with Crippen LogP contribution >= 0.6 is 0 Å². The van der Waals surface area contributed by atoms with Gasteiger partial charge < -0.3 is 15.7 Å². The van der Waals surface area contributed by atoms with Gasteiger partial charge in [-0.1, -0.05) is 60.7 Å². The fourth-order valence-corrected chi connectivity index (χ4v) is 2.24. The van der Waals surface area contributed by atoms with Crippen molar-refractivity contribution < 1.29 is 9.90 Å². The van der Waals surface area contributed by atoms with Gasteiger partial charge in [0.2, 0.25) is 0 Å². The van der Waals surface area contributed by atoms with Crippen LogP contribution in [0.1, 0.15) is 24.1 Å². The molecule has 22 heavy (non-hydrogen) atoms. The van der Waals surface area contributed by atoms with Gasteiger partial charge in [-0.2, -0.15) is 0 Å². The maximum atomic E-state index is 12.0. The number of hydrogen-bond acceptors (Lipinski definition) is 2. The molecular weight excluding hydrogens is 276 g/mol. The van der Waals surface area contributed by atoms with Crippen LogP contribution in [0, 0.1) is 0 Å². The van der Waals surface area contributed by atoms with E-state index in [1.54, 1.807) is 6.92 Å². The first-order valence-electron chi connectivity index (χ1n) is 7.46. The molecule has 3 N–H and O–H groups in total. The number of carbonyl (C=O) groups excluding carboxylic acids is 1. The van der Waals surface area contributed by atoms with Crippen LogP contribution in [-0.4, -0.2) is 23.8 Å². The molecule has 4 heteroatoms. The van der Waals surface area contributed by atoms with Gasteiger partial charge in [-0.25, -0.2) is 4.79 Å². The van der Waals surface area contributed by atoms with Gasteiger partial charge in [0.15, 0.2) is 0 Å². The van der Waals surface area contributed by atoms with Crippen molar-refractivity contribution in [3.05, 3.63) is 71.8 Å². The summed E-state index contributed by atoms with van der Waals surface area (Å²) in [5, 5.41) is 14.9. The Balaban J connectivity index is 2.07. The molecule has 2 atom stereocenters. The normalized spacial score (nSPS) is 13.2. The first kappa shape index (κ1) is 16.0. The Labute approximate surface area is 131 Å². The maximum Gasteiger partial charge on any atom is 0.315 e. The Hall–Kier alpha value is -2.33. The van der Waals surface area contributed by atoms with Gasteiger partial charge in [-0.05, 0) is 24.5 Å². The average molecular weight is 298 g/mol. The average Bonchev–Trinajstić information content (AvgIpc) is 2.54. The highest BCUT2D eigenvalue weighted by atomic mass is 16.3. The second-order valence-corrected chi connectivity index (χ2v) is 5.36. The molecule has 0 aliphatic rings. The third kappa shape index (κ3) is 5.22. The minimum absolute atomic E-state index is 0.113. The number of benzene rings is 2. The van der Waals surface area contributed by atoms with Crippen LogP contribution in [0.5, 0.6) is 0 Å². The van der Waals surface area contributed by atoms with Crippen LogP contribution in [0.4, 0.5) is 4.79 Å². The molecular formula is C18H22N2O2. The molecule has 0 heterocycles. The van der Waals surface area contributed by atoms with Gasteiger partial charge in [0.05, 0.1) is 12.1 Å². The fraction of sp³-hybridized carbons (Fsp3) is 0.278. The van der Waals surface area contributed by atoms with Crippen LogP contribution in [-0.2, 0) is 6.42 Å². The number of aliphatic hydroxyl groups excluding tert-OH is 1. The number of carbonyl (C=O) groups is 1.